The van der Waals surface area contributed by atoms with E-state index in [1.54, 1.807) is 0 Å². The first-order valence-electron chi connectivity index (χ1n) is 6.48. The minimum absolute atomic E-state index is 0.0212. The molecule has 10 heteroatoms. The van der Waals surface area contributed by atoms with Crippen molar-refractivity contribution >= 4 is 45.2 Å². The molecule has 0 heterocycles. The summed E-state index contributed by atoms with van der Waals surface area (Å²) < 4.78 is 0. The lowest BCUT2D eigenvalue weighted by molar-refractivity contribution is -0.138. The predicted octanol–water partition coefficient (Wildman–Crippen LogP) is -0.620. The Labute approximate surface area is 136 Å². The highest BCUT2D eigenvalue weighted by molar-refractivity contribution is 8.76. The minimum Gasteiger partial charge on any atom is -0.480 e. The SMILES string of the molecule is CSSCC(NC(=O)CCC(N)C(C)=O)C(=O)NCC(=O)O. The van der Waals surface area contributed by atoms with E-state index in [9.17, 15) is 19.2 Å². The number of nitrogens with two attached hydrogens (primary N) is 1. The van der Waals surface area contributed by atoms with Crippen LogP contribution in [0.2, 0.25) is 0 Å². The summed E-state index contributed by atoms with van der Waals surface area (Å²) in [5.41, 5.74) is 5.54. The Balaban J connectivity index is 4.43. The summed E-state index contributed by atoms with van der Waals surface area (Å²) in [6.45, 7) is 0.837. The molecule has 0 saturated heterocycles. The van der Waals surface area contributed by atoms with Crippen LogP contribution in [-0.2, 0) is 19.2 Å². The fourth-order valence-electron chi connectivity index (χ4n) is 1.36. The van der Waals surface area contributed by atoms with E-state index in [2.05, 4.69) is 10.6 Å². The lowest BCUT2D eigenvalue weighted by atomic mass is 10.1. The highest BCUT2D eigenvalue weighted by Gasteiger charge is 2.21. The average molecular weight is 351 g/mol. The van der Waals surface area contributed by atoms with Crippen LogP contribution in [0.4, 0.5) is 0 Å². The van der Waals surface area contributed by atoms with E-state index >= 15 is 0 Å². The van der Waals surface area contributed by atoms with Gasteiger partial charge in [-0.1, -0.05) is 21.6 Å². The third kappa shape index (κ3) is 9.64. The topological polar surface area (TPSA) is 139 Å². The van der Waals surface area contributed by atoms with Gasteiger partial charge in [0, 0.05) is 12.2 Å². The van der Waals surface area contributed by atoms with Crippen molar-refractivity contribution in [3.8, 4) is 0 Å². The Bertz CT molecular complexity index is 420. The summed E-state index contributed by atoms with van der Waals surface area (Å²) in [6, 6.07) is -1.54. The number of Topliss-reactive ketones (excluding diaryl/α,β-unsaturated/α-hetero) is 1. The number of ketones is 1. The Morgan fingerprint density at radius 3 is 2.41 bits per heavy atom. The number of rotatable bonds is 11. The molecular formula is C12H21N3O5S2. The summed E-state index contributed by atoms with van der Waals surface area (Å²) >= 11 is 0. The number of carboxylic acids is 1. The molecule has 0 saturated carbocycles. The molecule has 8 nitrogen and oxygen atoms in total. The molecule has 0 aromatic rings. The fraction of sp³-hybridized carbons (Fsp3) is 0.667. The molecule has 0 spiro atoms. The Morgan fingerprint density at radius 2 is 1.91 bits per heavy atom. The molecule has 2 atom stereocenters. The summed E-state index contributed by atoms with van der Waals surface area (Å²) in [6.07, 6.45) is 2.04. The molecule has 0 bridgehead atoms. The largest absolute Gasteiger partial charge is 0.480 e. The van der Waals surface area contributed by atoms with Crippen LogP contribution in [0.5, 0.6) is 0 Å². The molecule has 5 N–H and O–H groups in total. The third-order valence-electron chi connectivity index (χ3n) is 2.62. The van der Waals surface area contributed by atoms with Crippen LogP contribution in [0.1, 0.15) is 19.8 Å². The van der Waals surface area contributed by atoms with Crippen molar-refractivity contribution in [1.29, 1.82) is 0 Å². The number of hydrogen-bond acceptors (Lipinski definition) is 7. The molecule has 0 aliphatic carbocycles. The third-order valence-corrected chi connectivity index (χ3v) is 4.44. The predicted molar refractivity (Wildman–Crippen MR) is 86.4 cm³/mol. The van der Waals surface area contributed by atoms with E-state index < -0.39 is 36.4 Å². The van der Waals surface area contributed by atoms with Gasteiger partial charge in [0.2, 0.25) is 11.8 Å². The molecule has 126 valence electrons. The number of aliphatic carboxylic acids is 1. The number of amides is 2. The summed E-state index contributed by atoms with van der Waals surface area (Å²) in [5, 5.41) is 13.3. The van der Waals surface area contributed by atoms with Gasteiger partial charge in [-0.05, 0) is 19.6 Å². The van der Waals surface area contributed by atoms with Gasteiger partial charge in [0.25, 0.3) is 0 Å². The van der Waals surface area contributed by atoms with Gasteiger partial charge in [-0.2, -0.15) is 0 Å². The van der Waals surface area contributed by atoms with Crippen LogP contribution in [0, 0.1) is 0 Å². The van der Waals surface area contributed by atoms with Crippen LogP contribution < -0.4 is 16.4 Å². The first-order valence-corrected chi connectivity index (χ1v) is 9.21. The zero-order valence-electron chi connectivity index (χ0n) is 12.5. The molecule has 0 rings (SSSR count). The lowest BCUT2D eigenvalue weighted by Crippen LogP contribution is -2.49. The Morgan fingerprint density at radius 1 is 1.27 bits per heavy atom. The zero-order chi connectivity index (χ0) is 17.1. The van der Waals surface area contributed by atoms with Gasteiger partial charge >= 0.3 is 5.97 Å². The first kappa shape index (κ1) is 20.7. The lowest BCUT2D eigenvalue weighted by Gasteiger charge is -2.17. The summed E-state index contributed by atoms with van der Waals surface area (Å²) in [7, 11) is 2.79. The highest BCUT2D eigenvalue weighted by atomic mass is 33.1. The molecule has 0 aliphatic rings. The second-order valence-electron chi connectivity index (χ2n) is 4.44. The maximum absolute atomic E-state index is 11.8. The summed E-state index contributed by atoms with van der Waals surface area (Å²) in [4.78, 5) is 45.1. The van der Waals surface area contributed by atoms with E-state index in [4.69, 9.17) is 10.8 Å². The van der Waals surface area contributed by atoms with Gasteiger partial charge in [0.05, 0.1) is 6.04 Å². The van der Waals surface area contributed by atoms with Gasteiger partial charge in [0.15, 0.2) is 0 Å². The molecular weight excluding hydrogens is 330 g/mol. The van der Waals surface area contributed by atoms with Crippen LogP contribution in [0.3, 0.4) is 0 Å². The maximum atomic E-state index is 11.8. The van der Waals surface area contributed by atoms with Gasteiger partial charge in [-0.25, -0.2) is 0 Å². The standard InChI is InChI=1S/C12H21N3O5S2/c1-7(16)8(13)3-4-10(17)15-9(6-22-21-2)12(20)14-5-11(18)19/h8-9H,3-6,13H2,1-2H3,(H,14,20)(H,15,17)(H,18,19). The molecule has 0 radical (unpaired) electrons. The molecule has 0 aromatic carbocycles. The molecule has 2 unspecified atom stereocenters. The van der Waals surface area contributed by atoms with Gasteiger partial charge < -0.3 is 21.5 Å². The van der Waals surface area contributed by atoms with Gasteiger partial charge in [0.1, 0.15) is 18.4 Å². The molecule has 0 aromatic heterocycles. The second kappa shape index (κ2) is 11.3. The van der Waals surface area contributed by atoms with Crippen molar-refractivity contribution in [1.82, 2.24) is 10.6 Å². The highest BCUT2D eigenvalue weighted by Crippen LogP contribution is 2.17. The van der Waals surface area contributed by atoms with E-state index in [-0.39, 0.29) is 18.6 Å². The maximum Gasteiger partial charge on any atom is 0.322 e. The van der Waals surface area contributed by atoms with E-state index in [1.165, 1.54) is 28.5 Å². The van der Waals surface area contributed by atoms with Crippen molar-refractivity contribution in [2.75, 3.05) is 18.6 Å². The zero-order valence-corrected chi connectivity index (χ0v) is 14.1. The van der Waals surface area contributed by atoms with Gasteiger partial charge in [-0.3, -0.25) is 19.2 Å². The number of hydrogen-bond donors (Lipinski definition) is 4. The van der Waals surface area contributed by atoms with E-state index in [1.807, 2.05) is 6.26 Å². The quantitative estimate of drug-likeness (QED) is 0.361. The van der Waals surface area contributed by atoms with Crippen molar-refractivity contribution in [2.24, 2.45) is 5.73 Å². The Hall–Kier alpha value is -1.26. The smallest absolute Gasteiger partial charge is 0.322 e. The minimum atomic E-state index is -1.16. The van der Waals surface area contributed by atoms with Gasteiger partial charge in [-0.15, -0.1) is 0 Å². The number of nitrogens with one attached hydrogen (secondary N) is 2. The molecule has 0 aliphatic heterocycles. The monoisotopic (exact) mass is 351 g/mol. The van der Waals surface area contributed by atoms with Crippen LogP contribution in [0.25, 0.3) is 0 Å². The normalized spacial score (nSPS) is 13.0. The van der Waals surface area contributed by atoms with Crippen molar-refractivity contribution < 1.29 is 24.3 Å². The van der Waals surface area contributed by atoms with E-state index in [0.29, 0.717) is 5.75 Å². The molecule has 2 amide bonds. The average Bonchev–Trinajstić information content (AvgIpc) is 2.46. The number of carboxylic acid groups (broad SMARTS) is 1. The van der Waals surface area contributed by atoms with Crippen LogP contribution >= 0.6 is 21.6 Å². The molecule has 0 fully saturated rings. The Kier molecular flexibility index (Phi) is 10.7. The first-order chi connectivity index (χ1) is 10.3. The molecule has 22 heavy (non-hydrogen) atoms. The van der Waals surface area contributed by atoms with Crippen LogP contribution in [-0.4, -0.2) is 59.3 Å². The van der Waals surface area contributed by atoms with Crippen molar-refractivity contribution in [3.05, 3.63) is 0 Å². The second-order valence-corrected chi connectivity index (χ2v) is 7.05. The van der Waals surface area contributed by atoms with E-state index in [0.717, 1.165) is 0 Å². The number of carbonyl (C=O) groups excluding carboxylic acids is 3. The summed E-state index contributed by atoms with van der Waals surface area (Å²) in [5.74, 6) is -2.04. The van der Waals surface area contributed by atoms with Crippen molar-refractivity contribution in [3.63, 3.8) is 0 Å². The van der Waals surface area contributed by atoms with Crippen LogP contribution in [0.15, 0.2) is 0 Å². The fourth-order valence-corrected chi connectivity index (χ4v) is 2.68. The van der Waals surface area contributed by atoms with Crippen molar-refractivity contribution in [2.45, 2.75) is 31.8 Å². The number of carbonyl (C=O) groups is 4.